The topological polar surface area (TPSA) is 137 Å². The first-order valence-electron chi connectivity index (χ1n) is 7.50. The summed E-state index contributed by atoms with van der Waals surface area (Å²) in [6.45, 7) is 2.03. The molecular formula is C14H18N2O8S. The Morgan fingerprint density at radius 1 is 1.28 bits per heavy atom. The van der Waals surface area contributed by atoms with E-state index in [1.165, 1.54) is 12.1 Å². The zero-order chi connectivity index (χ0) is 18.3. The highest BCUT2D eigenvalue weighted by Gasteiger charge is 2.56. The van der Waals surface area contributed by atoms with E-state index in [4.69, 9.17) is 14.2 Å². The average Bonchev–Trinajstić information content (AvgIpc) is 2.60. The van der Waals surface area contributed by atoms with Crippen molar-refractivity contribution in [2.24, 2.45) is 5.41 Å². The van der Waals surface area contributed by atoms with Gasteiger partial charge in [-0.2, -0.15) is 4.72 Å². The predicted molar refractivity (Wildman–Crippen MR) is 83.0 cm³/mol. The molecule has 4 rings (SSSR count). The summed E-state index contributed by atoms with van der Waals surface area (Å²) in [5.41, 5.74) is -0.912. The lowest BCUT2D eigenvalue weighted by Crippen LogP contribution is -2.68. The van der Waals surface area contributed by atoms with Crippen LogP contribution in [0.25, 0.3) is 0 Å². The fourth-order valence-corrected chi connectivity index (χ4v) is 4.08. The number of nitrogens with one attached hydrogen (secondary N) is 1. The van der Waals surface area contributed by atoms with Gasteiger partial charge in [0.25, 0.3) is 5.69 Å². The molecule has 25 heavy (non-hydrogen) atoms. The van der Waals surface area contributed by atoms with Crippen molar-refractivity contribution in [1.29, 1.82) is 0 Å². The van der Waals surface area contributed by atoms with Gasteiger partial charge >= 0.3 is 5.97 Å². The zero-order valence-corrected chi connectivity index (χ0v) is 14.2. The molecule has 0 saturated carbocycles. The van der Waals surface area contributed by atoms with E-state index in [-0.39, 0.29) is 25.2 Å². The number of hydrogen-bond donors (Lipinski definition) is 2. The fraction of sp³-hybridized carbons (Fsp3) is 0.571. The van der Waals surface area contributed by atoms with Crippen LogP contribution in [0.3, 0.4) is 0 Å². The van der Waals surface area contributed by atoms with Crippen molar-refractivity contribution in [2.45, 2.75) is 23.8 Å². The molecule has 0 radical (unpaired) electrons. The second-order valence-electron chi connectivity index (χ2n) is 6.36. The first-order chi connectivity index (χ1) is 11.7. The number of benzene rings is 1. The van der Waals surface area contributed by atoms with Gasteiger partial charge in [0.2, 0.25) is 10.0 Å². The Kier molecular flexibility index (Phi) is 4.56. The molecule has 10 nitrogen and oxygen atoms in total. The number of rotatable bonds is 6. The summed E-state index contributed by atoms with van der Waals surface area (Å²) in [4.78, 5) is 9.76. The Balaban J connectivity index is 1.88. The summed E-state index contributed by atoms with van der Waals surface area (Å²) >= 11 is 0. The van der Waals surface area contributed by atoms with Crippen molar-refractivity contribution in [3.63, 3.8) is 0 Å². The fourth-order valence-electron chi connectivity index (χ4n) is 2.68. The van der Waals surface area contributed by atoms with Crippen LogP contribution in [0.4, 0.5) is 5.69 Å². The van der Waals surface area contributed by atoms with Gasteiger partial charge in [-0.15, -0.1) is 0 Å². The number of sulfonamides is 1. The number of hydrogen-bond acceptors (Lipinski definition) is 8. The maximum Gasteiger partial charge on any atom is 0.302 e. The van der Waals surface area contributed by atoms with Crippen LogP contribution >= 0.6 is 0 Å². The molecule has 0 aromatic heterocycles. The van der Waals surface area contributed by atoms with E-state index < -0.39 is 44.2 Å². The average molecular weight is 374 g/mol. The third-order valence-corrected chi connectivity index (χ3v) is 5.64. The van der Waals surface area contributed by atoms with Crippen molar-refractivity contribution in [2.75, 3.05) is 26.4 Å². The van der Waals surface area contributed by atoms with Crippen molar-refractivity contribution in [3.8, 4) is 0 Å². The molecule has 138 valence electrons. The summed E-state index contributed by atoms with van der Waals surface area (Å²) in [6, 6.07) is 3.62. The molecule has 2 bridgehead atoms. The third-order valence-electron chi connectivity index (χ3n) is 4.12. The molecule has 0 amide bonds. The van der Waals surface area contributed by atoms with E-state index in [9.17, 15) is 23.6 Å². The highest BCUT2D eigenvalue weighted by atomic mass is 32.2. The molecule has 0 spiro atoms. The van der Waals surface area contributed by atoms with Crippen LogP contribution in [0.15, 0.2) is 29.2 Å². The number of aliphatic hydroxyl groups is 1. The predicted octanol–water partition coefficient (Wildman–Crippen LogP) is -0.0289. The summed E-state index contributed by atoms with van der Waals surface area (Å²) in [5, 5.41) is 20.7. The monoisotopic (exact) mass is 374 g/mol. The van der Waals surface area contributed by atoms with Crippen LogP contribution < -0.4 is 4.72 Å². The zero-order valence-electron chi connectivity index (χ0n) is 13.4. The standard InChI is InChI=1S/C14H18N2O8S/c1-13-7-22-14(23-8-13,24-9-13)12(6-17)15-25(20,21)11-5-3-2-4-10(11)16(18)19/h2-5,12,15,17H,6-9H2,1H3/t12-,13?,14?/m0/s1. The van der Waals surface area contributed by atoms with Gasteiger partial charge in [0, 0.05) is 11.5 Å². The maximum absolute atomic E-state index is 12.6. The molecule has 1 atom stereocenters. The molecule has 3 aliphatic rings. The van der Waals surface area contributed by atoms with Crippen LogP contribution in [-0.4, -0.2) is 56.9 Å². The molecule has 2 N–H and O–H groups in total. The number of nitrogens with zero attached hydrogens (tertiary/aromatic N) is 1. The number of ether oxygens (including phenoxy) is 3. The van der Waals surface area contributed by atoms with Gasteiger partial charge in [0.05, 0.1) is 31.4 Å². The van der Waals surface area contributed by atoms with Gasteiger partial charge in [-0.3, -0.25) is 10.1 Å². The van der Waals surface area contributed by atoms with Gasteiger partial charge < -0.3 is 19.3 Å². The van der Waals surface area contributed by atoms with Crippen molar-refractivity contribution < 1.29 is 32.7 Å². The molecule has 3 heterocycles. The number of para-hydroxylation sites is 1. The lowest BCUT2D eigenvalue weighted by molar-refractivity contribution is -0.474. The number of nitro benzene ring substituents is 1. The first kappa shape index (κ1) is 18.2. The van der Waals surface area contributed by atoms with E-state index >= 15 is 0 Å². The highest BCUT2D eigenvalue weighted by Crippen LogP contribution is 2.40. The SMILES string of the molecule is CC12COC([C@H](CO)NS(=O)(=O)c3ccccc3[N+](=O)[O-])(OC1)OC2. The minimum atomic E-state index is -4.33. The number of nitro groups is 1. The van der Waals surface area contributed by atoms with Gasteiger partial charge in [-0.1, -0.05) is 19.1 Å². The minimum absolute atomic E-state index is 0.275. The Morgan fingerprint density at radius 3 is 2.36 bits per heavy atom. The summed E-state index contributed by atoms with van der Waals surface area (Å²) in [5.74, 6) is -1.76. The van der Waals surface area contributed by atoms with Crippen LogP contribution in [0.2, 0.25) is 0 Å². The van der Waals surface area contributed by atoms with Crippen molar-refractivity contribution >= 4 is 15.7 Å². The van der Waals surface area contributed by atoms with Gasteiger partial charge in [-0.25, -0.2) is 8.42 Å². The largest absolute Gasteiger partial charge is 0.394 e. The Morgan fingerprint density at radius 2 is 1.84 bits per heavy atom. The lowest BCUT2D eigenvalue weighted by atomic mass is 9.91. The van der Waals surface area contributed by atoms with Crippen molar-refractivity contribution in [1.82, 2.24) is 4.72 Å². The minimum Gasteiger partial charge on any atom is -0.394 e. The molecule has 3 fully saturated rings. The van der Waals surface area contributed by atoms with Gasteiger partial charge in [0.15, 0.2) is 4.90 Å². The van der Waals surface area contributed by atoms with E-state index in [1.54, 1.807) is 0 Å². The highest BCUT2D eigenvalue weighted by molar-refractivity contribution is 7.89. The Hall–Kier alpha value is -1.63. The van der Waals surface area contributed by atoms with Crippen LogP contribution in [-0.2, 0) is 24.2 Å². The van der Waals surface area contributed by atoms with E-state index in [0.717, 1.165) is 12.1 Å². The molecule has 0 unspecified atom stereocenters. The molecule has 1 aromatic carbocycles. The van der Waals surface area contributed by atoms with Crippen molar-refractivity contribution in [3.05, 3.63) is 34.4 Å². The number of aliphatic hydroxyl groups excluding tert-OH is 1. The quantitative estimate of drug-likeness (QED) is 0.523. The first-order valence-corrected chi connectivity index (χ1v) is 8.98. The summed E-state index contributed by atoms with van der Waals surface area (Å²) in [7, 11) is -4.33. The molecule has 1 aromatic rings. The van der Waals surface area contributed by atoms with E-state index in [1.807, 2.05) is 6.92 Å². The normalized spacial score (nSPS) is 30.2. The lowest BCUT2D eigenvalue weighted by Gasteiger charge is -2.52. The molecule has 0 aliphatic carbocycles. The van der Waals surface area contributed by atoms with Crippen LogP contribution in [0, 0.1) is 15.5 Å². The molecule has 3 aliphatic heterocycles. The van der Waals surface area contributed by atoms with E-state index in [2.05, 4.69) is 4.72 Å². The summed E-state index contributed by atoms with van der Waals surface area (Å²) in [6.07, 6.45) is 0. The summed E-state index contributed by atoms with van der Waals surface area (Å²) < 4.78 is 44.0. The maximum atomic E-state index is 12.6. The molecule has 3 saturated heterocycles. The van der Waals surface area contributed by atoms with Gasteiger partial charge in [0.1, 0.15) is 6.04 Å². The Bertz CT molecular complexity index is 756. The second-order valence-corrected chi connectivity index (χ2v) is 8.04. The second kappa shape index (κ2) is 6.27. The third kappa shape index (κ3) is 3.26. The van der Waals surface area contributed by atoms with E-state index in [0.29, 0.717) is 0 Å². The van der Waals surface area contributed by atoms with Gasteiger partial charge in [-0.05, 0) is 6.07 Å². The molecular weight excluding hydrogens is 356 g/mol. The Labute approximate surface area is 143 Å². The van der Waals surface area contributed by atoms with Crippen LogP contribution in [0.1, 0.15) is 6.92 Å². The smallest absolute Gasteiger partial charge is 0.302 e. The number of fused-ring (bicyclic) bond motifs is 3. The molecule has 11 heteroatoms. The van der Waals surface area contributed by atoms with Crippen LogP contribution in [0.5, 0.6) is 0 Å².